The Hall–Kier alpha value is -2.82. The first-order valence-corrected chi connectivity index (χ1v) is 8.16. The first kappa shape index (κ1) is 14.8. The minimum atomic E-state index is -0.103. The Morgan fingerprint density at radius 3 is 3.00 bits per heavy atom. The van der Waals surface area contributed by atoms with Gasteiger partial charge in [0.2, 0.25) is 0 Å². The molecule has 0 saturated carbocycles. The molecule has 122 valence electrons. The molecule has 4 rings (SSSR count). The summed E-state index contributed by atoms with van der Waals surface area (Å²) < 4.78 is 7.65. The van der Waals surface area contributed by atoms with Crippen molar-refractivity contribution in [1.29, 1.82) is 0 Å². The van der Waals surface area contributed by atoms with E-state index in [0.29, 0.717) is 12.2 Å². The Morgan fingerprint density at radius 1 is 1.29 bits per heavy atom. The number of nitrogens with one attached hydrogen (secondary N) is 1. The van der Waals surface area contributed by atoms with Crippen molar-refractivity contribution in [2.75, 3.05) is 6.61 Å². The molecular formula is C19H19N3O2. The molecule has 24 heavy (non-hydrogen) atoms. The number of rotatable bonds is 2. The summed E-state index contributed by atoms with van der Waals surface area (Å²) in [6.07, 6.45) is 5.08. The van der Waals surface area contributed by atoms with E-state index < -0.39 is 0 Å². The minimum absolute atomic E-state index is 0.0557. The zero-order valence-electron chi connectivity index (χ0n) is 13.5. The first-order chi connectivity index (χ1) is 11.7. The van der Waals surface area contributed by atoms with Gasteiger partial charge in [0.05, 0.1) is 24.4 Å². The molecule has 5 heteroatoms. The zero-order chi connectivity index (χ0) is 16.5. The number of benzene rings is 2. The van der Waals surface area contributed by atoms with E-state index in [1.807, 2.05) is 12.1 Å². The molecule has 1 amide bonds. The van der Waals surface area contributed by atoms with Crippen LogP contribution in [0.15, 0.2) is 48.8 Å². The van der Waals surface area contributed by atoms with Crippen LogP contribution in [0.25, 0.3) is 10.8 Å². The molecule has 0 unspecified atom stereocenters. The number of aromatic nitrogens is 2. The van der Waals surface area contributed by atoms with Crippen LogP contribution in [-0.2, 0) is 7.05 Å². The van der Waals surface area contributed by atoms with Crippen LogP contribution in [0.4, 0.5) is 0 Å². The third-order valence-corrected chi connectivity index (χ3v) is 4.44. The fraction of sp³-hybridized carbons (Fsp3) is 0.263. The average Bonchev–Trinajstić information content (AvgIpc) is 2.93. The summed E-state index contributed by atoms with van der Waals surface area (Å²) in [7, 11) is 1.80. The molecule has 0 fully saturated rings. The van der Waals surface area contributed by atoms with Gasteiger partial charge in [-0.1, -0.05) is 36.4 Å². The minimum Gasteiger partial charge on any atom is -0.493 e. The summed E-state index contributed by atoms with van der Waals surface area (Å²) in [6.45, 7) is 0.667. The van der Waals surface area contributed by atoms with Crippen molar-refractivity contribution >= 4 is 16.7 Å². The number of carbonyl (C=O) groups is 1. The third-order valence-electron chi connectivity index (χ3n) is 4.44. The highest BCUT2D eigenvalue weighted by atomic mass is 16.5. The molecule has 0 radical (unpaired) electrons. The maximum Gasteiger partial charge on any atom is 0.254 e. The highest BCUT2D eigenvalue weighted by Gasteiger charge is 2.23. The molecule has 2 heterocycles. The van der Waals surface area contributed by atoms with Gasteiger partial charge in [-0.25, -0.2) is 0 Å². The molecule has 3 aromatic rings. The number of hydrogen-bond acceptors (Lipinski definition) is 3. The van der Waals surface area contributed by atoms with Gasteiger partial charge in [0.25, 0.3) is 5.91 Å². The normalized spacial score (nSPS) is 17.0. The van der Waals surface area contributed by atoms with Crippen molar-refractivity contribution in [2.24, 2.45) is 7.05 Å². The van der Waals surface area contributed by atoms with Crippen LogP contribution in [-0.4, -0.2) is 22.3 Å². The van der Waals surface area contributed by atoms with E-state index in [1.165, 1.54) is 0 Å². The van der Waals surface area contributed by atoms with Gasteiger partial charge in [0.15, 0.2) is 0 Å². The van der Waals surface area contributed by atoms with Crippen molar-refractivity contribution in [3.05, 3.63) is 59.9 Å². The van der Waals surface area contributed by atoms with E-state index in [1.54, 1.807) is 24.1 Å². The number of ether oxygens (including phenoxy) is 1. The second-order valence-electron chi connectivity index (χ2n) is 6.12. The summed E-state index contributed by atoms with van der Waals surface area (Å²) in [6, 6.07) is 12.3. The Bertz CT molecular complexity index is 901. The molecule has 0 bridgehead atoms. The lowest BCUT2D eigenvalue weighted by Crippen LogP contribution is -2.28. The largest absolute Gasteiger partial charge is 0.493 e. The van der Waals surface area contributed by atoms with Crippen LogP contribution < -0.4 is 10.1 Å². The molecule has 1 N–H and O–H groups in total. The molecule has 5 nitrogen and oxygen atoms in total. The lowest BCUT2D eigenvalue weighted by molar-refractivity contribution is 0.0934. The Balaban J connectivity index is 1.70. The van der Waals surface area contributed by atoms with E-state index >= 15 is 0 Å². The number of fused-ring (bicyclic) bond motifs is 3. The molecule has 0 saturated heterocycles. The number of hydrogen-bond donors (Lipinski definition) is 1. The quantitative estimate of drug-likeness (QED) is 0.788. The molecule has 1 aliphatic heterocycles. The number of aryl methyl sites for hydroxylation is 1. The summed E-state index contributed by atoms with van der Waals surface area (Å²) in [5, 5.41) is 9.45. The third kappa shape index (κ3) is 2.62. The van der Waals surface area contributed by atoms with E-state index in [0.717, 1.165) is 34.9 Å². The number of amides is 1. The van der Waals surface area contributed by atoms with Crippen LogP contribution in [0, 0.1) is 0 Å². The fourth-order valence-corrected chi connectivity index (χ4v) is 3.24. The van der Waals surface area contributed by atoms with E-state index in [2.05, 4.69) is 34.7 Å². The van der Waals surface area contributed by atoms with E-state index in [-0.39, 0.29) is 11.9 Å². The highest BCUT2D eigenvalue weighted by molar-refractivity contribution is 5.94. The smallest absolute Gasteiger partial charge is 0.254 e. The predicted molar refractivity (Wildman–Crippen MR) is 92.1 cm³/mol. The van der Waals surface area contributed by atoms with Gasteiger partial charge in [0.1, 0.15) is 5.75 Å². The fourth-order valence-electron chi connectivity index (χ4n) is 3.24. The van der Waals surface area contributed by atoms with E-state index in [9.17, 15) is 4.79 Å². The van der Waals surface area contributed by atoms with Crippen molar-refractivity contribution in [2.45, 2.75) is 18.9 Å². The van der Waals surface area contributed by atoms with Crippen molar-refractivity contribution in [1.82, 2.24) is 15.1 Å². The van der Waals surface area contributed by atoms with Gasteiger partial charge in [-0.2, -0.15) is 5.10 Å². The molecular weight excluding hydrogens is 302 g/mol. The summed E-state index contributed by atoms with van der Waals surface area (Å²) in [5.41, 5.74) is 1.62. The van der Waals surface area contributed by atoms with Crippen LogP contribution >= 0.6 is 0 Å². The second-order valence-corrected chi connectivity index (χ2v) is 6.12. The topological polar surface area (TPSA) is 56.2 Å². The monoisotopic (exact) mass is 321 g/mol. The van der Waals surface area contributed by atoms with Gasteiger partial charge in [-0.15, -0.1) is 0 Å². The van der Waals surface area contributed by atoms with Gasteiger partial charge in [-0.3, -0.25) is 9.48 Å². The molecule has 1 aromatic heterocycles. The van der Waals surface area contributed by atoms with Gasteiger partial charge >= 0.3 is 0 Å². The number of nitrogens with zero attached hydrogens (tertiary/aromatic N) is 2. The van der Waals surface area contributed by atoms with E-state index in [4.69, 9.17) is 4.74 Å². The summed E-state index contributed by atoms with van der Waals surface area (Å²) in [4.78, 5) is 12.5. The van der Waals surface area contributed by atoms with Crippen LogP contribution in [0.5, 0.6) is 5.75 Å². The molecule has 2 aromatic carbocycles. The summed E-state index contributed by atoms with van der Waals surface area (Å²) in [5.74, 6) is 0.788. The van der Waals surface area contributed by atoms with Crippen molar-refractivity contribution < 1.29 is 9.53 Å². The lowest BCUT2D eigenvalue weighted by atomic mass is 9.98. The number of carbonyl (C=O) groups excluding carboxylic acids is 1. The van der Waals surface area contributed by atoms with Crippen molar-refractivity contribution in [3.8, 4) is 5.75 Å². The molecule has 0 aliphatic carbocycles. The van der Waals surface area contributed by atoms with Gasteiger partial charge < -0.3 is 10.1 Å². The van der Waals surface area contributed by atoms with Crippen LogP contribution in [0.1, 0.15) is 34.8 Å². The standard InChI is InChI=1S/C19H19N3O2/c1-22-12-14(11-20-22)19(23)21-17-7-4-10-24-18-15-6-3-2-5-13(15)8-9-16(17)18/h2-3,5-6,8-9,11-12,17H,4,7,10H2,1H3,(H,21,23)/t17-/m0/s1. The Kier molecular flexibility index (Phi) is 3.69. The maximum absolute atomic E-state index is 12.5. The maximum atomic E-state index is 12.5. The molecule has 1 atom stereocenters. The first-order valence-electron chi connectivity index (χ1n) is 8.16. The Labute approximate surface area is 140 Å². The average molecular weight is 321 g/mol. The Morgan fingerprint density at radius 2 is 2.17 bits per heavy atom. The van der Waals surface area contributed by atoms with Crippen molar-refractivity contribution in [3.63, 3.8) is 0 Å². The second kappa shape index (κ2) is 6.00. The highest BCUT2D eigenvalue weighted by Crippen LogP contribution is 2.37. The van der Waals surface area contributed by atoms with Gasteiger partial charge in [0, 0.05) is 24.2 Å². The predicted octanol–water partition coefficient (Wildman–Crippen LogP) is 3.22. The molecule has 0 spiro atoms. The van der Waals surface area contributed by atoms with Crippen LogP contribution in [0.2, 0.25) is 0 Å². The zero-order valence-corrected chi connectivity index (χ0v) is 13.5. The summed E-state index contributed by atoms with van der Waals surface area (Å²) >= 11 is 0. The van der Waals surface area contributed by atoms with Crippen LogP contribution in [0.3, 0.4) is 0 Å². The SMILES string of the molecule is Cn1cc(C(=O)N[C@H]2CCCOc3c2ccc2ccccc32)cn1. The van der Waals surface area contributed by atoms with Gasteiger partial charge in [-0.05, 0) is 18.2 Å². The molecule has 1 aliphatic rings. The lowest BCUT2D eigenvalue weighted by Gasteiger charge is -2.19.